The zero-order chi connectivity index (χ0) is 31.6. The Hall–Kier alpha value is -3.06. The van der Waals surface area contributed by atoms with E-state index in [0.717, 1.165) is 30.8 Å². The van der Waals surface area contributed by atoms with Crippen molar-refractivity contribution in [3.05, 3.63) is 98.6 Å². The maximum absolute atomic E-state index is 12.5. The van der Waals surface area contributed by atoms with Gasteiger partial charge in [0.05, 0.1) is 22.2 Å². The van der Waals surface area contributed by atoms with Crippen molar-refractivity contribution in [2.45, 2.75) is 37.8 Å². The van der Waals surface area contributed by atoms with Crippen LogP contribution in [0.1, 0.15) is 25.3 Å². The minimum Gasteiger partial charge on any atom is -0.480 e. The van der Waals surface area contributed by atoms with Crippen molar-refractivity contribution < 1.29 is 27.4 Å². The molecular formula is C31H30Cl2N3O5S3+. The summed E-state index contributed by atoms with van der Waals surface area (Å²) in [6.07, 6.45) is 4.08. The fourth-order valence-corrected chi connectivity index (χ4v) is 8.15. The number of carbonyl (C=O) groups is 1. The number of fused-ring (bicyclic) bond motifs is 2. The number of anilines is 2. The van der Waals surface area contributed by atoms with Crippen LogP contribution in [0.25, 0.3) is 16.3 Å². The first-order chi connectivity index (χ1) is 20.9. The number of halogens is 2. The third-order valence-electron chi connectivity index (χ3n) is 7.08. The molecule has 2 heterocycles. The fourth-order valence-electron chi connectivity index (χ4n) is 5.05. The summed E-state index contributed by atoms with van der Waals surface area (Å²) < 4.78 is 35.3. The van der Waals surface area contributed by atoms with Crippen molar-refractivity contribution in [2.75, 3.05) is 22.1 Å². The van der Waals surface area contributed by atoms with Gasteiger partial charge in [-0.05, 0) is 62.4 Å². The molecular weight excluding hydrogens is 661 g/mol. The Kier molecular flexibility index (Phi) is 9.93. The molecule has 0 aliphatic carbocycles. The van der Waals surface area contributed by atoms with Crippen LogP contribution in [0.3, 0.4) is 0 Å². The number of hydrogen-bond donors (Lipinski definition) is 2. The minimum atomic E-state index is -4.15. The quantitative estimate of drug-likeness (QED) is 0.123. The number of para-hydroxylation sites is 1. The molecule has 1 atom stereocenters. The van der Waals surface area contributed by atoms with Gasteiger partial charge in [-0.25, -0.2) is 4.79 Å². The number of thioether (sulfide) groups is 1. The highest BCUT2D eigenvalue weighted by atomic mass is 35.5. The summed E-state index contributed by atoms with van der Waals surface area (Å²) >= 11 is 15.8. The number of aromatic nitrogens is 1. The molecule has 2 N–H and O–H groups in total. The van der Waals surface area contributed by atoms with E-state index in [2.05, 4.69) is 4.90 Å². The van der Waals surface area contributed by atoms with Crippen molar-refractivity contribution in [2.24, 2.45) is 0 Å². The second-order valence-electron chi connectivity index (χ2n) is 10.1. The SMILES string of the molecule is CCN1C(=CC(=Cc2sc3ccc(Cl)cc3[n+]2CCCS(=O)(=O)O)N(c2ccccc2)C(C)C(=O)O)Sc2ccc(Cl)cc21. The van der Waals surface area contributed by atoms with Gasteiger partial charge in [-0.15, -0.1) is 0 Å². The Morgan fingerprint density at radius 2 is 1.80 bits per heavy atom. The number of aliphatic carboxylic acids is 1. The van der Waals surface area contributed by atoms with Crippen LogP contribution in [-0.4, -0.2) is 42.4 Å². The van der Waals surface area contributed by atoms with Gasteiger partial charge in [0.25, 0.3) is 15.1 Å². The van der Waals surface area contributed by atoms with Gasteiger partial charge in [-0.3, -0.25) is 4.55 Å². The molecule has 230 valence electrons. The van der Waals surface area contributed by atoms with Gasteiger partial charge in [0.15, 0.2) is 6.54 Å². The van der Waals surface area contributed by atoms with Crippen molar-refractivity contribution in [1.29, 1.82) is 0 Å². The molecule has 0 bridgehead atoms. The molecule has 0 saturated heterocycles. The third kappa shape index (κ3) is 7.25. The van der Waals surface area contributed by atoms with Gasteiger partial charge in [0, 0.05) is 45.7 Å². The molecule has 44 heavy (non-hydrogen) atoms. The van der Waals surface area contributed by atoms with Crippen LogP contribution >= 0.6 is 46.3 Å². The Labute approximate surface area is 274 Å². The van der Waals surface area contributed by atoms with Gasteiger partial charge in [0.2, 0.25) is 5.52 Å². The maximum atomic E-state index is 12.5. The maximum Gasteiger partial charge on any atom is 0.326 e. The monoisotopic (exact) mass is 690 g/mol. The summed E-state index contributed by atoms with van der Waals surface area (Å²) in [5, 5.41) is 13.0. The second kappa shape index (κ2) is 13.5. The molecule has 8 nitrogen and oxygen atoms in total. The lowest BCUT2D eigenvalue weighted by atomic mass is 10.1. The lowest BCUT2D eigenvalue weighted by molar-refractivity contribution is -0.668. The Morgan fingerprint density at radius 1 is 1.09 bits per heavy atom. The van der Waals surface area contributed by atoms with E-state index < -0.39 is 27.9 Å². The first-order valence-electron chi connectivity index (χ1n) is 13.8. The summed E-state index contributed by atoms with van der Waals surface area (Å²) in [6.45, 7) is 4.63. The molecule has 13 heteroatoms. The molecule has 0 spiro atoms. The summed E-state index contributed by atoms with van der Waals surface area (Å²) in [7, 11) is -4.15. The fraction of sp³-hybridized carbons (Fsp3) is 0.226. The number of aryl methyl sites for hydroxylation is 1. The number of allylic oxidation sites excluding steroid dienone is 1. The van der Waals surface area contributed by atoms with Crippen molar-refractivity contribution in [3.63, 3.8) is 0 Å². The van der Waals surface area contributed by atoms with Crippen molar-refractivity contribution in [1.82, 2.24) is 0 Å². The van der Waals surface area contributed by atoms with E-state index in [1.54, 1.807) is 29.7 Å². The third-order valence-corrected chi connectivity index (χ3v) is 10.6. The molecule has 4 aromatic rings. The van der Waals surface area contributed by atoms with Crippen molar-refractivity contribution >= 4 is 90.1 Å². The molecule has 1 aromatic heterocycles. The number of nitrogens with zero attached hydrogens (tertiary/aromatic N) is 3. The van der Waals surface area contributed by atoms with E-state index in [1.165, 1.54) is 11.3 Å². The lowest BCUT2D eigenvalue weighted by Crippen LogP contribution is -2.39. The van der Waals surface area contributed by atoms with Gasteiger partial charge in [-0.1, -0.05) is 64.5 Å². The average molecular weight is 692 g/mol. The van der Waals surface area contributed by atoms with Crippen LogP contribution in [0, 0.1) is 0 Å². The Bertz CT molecular complexity index is 1880. The standard InChI is InChI=1S/C31H29Cl2N3O5S3/c1-3-34-25-16-21(32)10-12-27(25)42-29(34)18-24(36(20(2)31(37)38)23-8-5-4-6-9-23)19-30-35(14-7-15-44(39,40)41)26-17-22(33)11-13-28(26)43-30/h4-6,8-13,16-20H,3,7,14-15H2,1-2H3,(H-,37,38,39,40,41)/p+1. The number of carboxylic acid groups (broad SMARTS) is 1. The van der Waals surface area contributed by atoms with Crippen LogP contribution < -0.4 is 14.4 Å². The van der Waals surface area contributed by atoms with Gasteiger partial charge in [-0.2, -0.15) is 13.0 Å². The molecule has 1 aliphatic heterocycles. The van der Waals surface area contributed by atoms with E-state index in [4.69, 9.17) is 23.2 Å². The normalized spacial score (nSPS) is 15.2. The first-order valence-corrected chi connectivity index (χ1v) is 17.8. The van der Waals surface area contributed by atoms with E-state index in [1.807, 2.05) is 84.3 Å². The van der Waals surface area contributed by atoms with Crippen LogP contribution in [0.2, 0.25) is 10.0 Å². The number of carboxylic acids is 1. The largest absolute Gasteiger partial charge is 0.480 e. The Balaban J connectivity index is 1.73. The zero-order valence-electron chi connectivity index (χ0n) is 23.9. The van der Waals surface area contributed by atoms with Gasteiger partial charge in [0.1, 0.15) is 10.7 Å². The number of benzene rings is 3. The van der Waals surface area contributed by atoms with E-state index in [9.17, 15) is 22.9 Å². The molecule has 1 unspecified atom stereocenters. The second-order valence-corrected chi connectivity index (χ2v) is 14.6. The summed E-state index contributed by atoms with van der Waals surface area (Å²) in [5.41, 5.74) is 3.09. The molecule has 3 aromatic carbocycles. The summed E-state index contributed by atoms with van der Waals surface area (Å²) in [6, 6.07) is 19.6. The number of thiazole rings is 1. The Morgan fingerprint density at radius 3 is 2.48 bits per heavy atom. The molecule has 0 fully saturated rings. The predicted octanol–water partition coefficient (Wildman–Crippen LogP) is 7.57. The molecule has 5 rings (SSSR count). The summed E-state index contributed by atoms with van der Waals surface area (Å²) in [4.78, 5) is 17.5. The predicted molar refractivity (Wildman–Crippen MR) is 180 cm³/mol. The highest BCUT2D eigenvalue weighted by Gasteiger charge is 2.30. The highest BCUT2D eigenvalue weighted by molar-refractivity contribution is 8.03. The van der Waals surface area contributed by atoms with Crippen LogP contribution in [0.4, 0.5) is 11.4 Å². The summed E-state index contributed by atoms with van der Waals surface area (Å²) in [5.74, 6) is -1.39. The number of hydrogen-bond acceptors (Lipinski definition) is 7. The van der Waals surface area contributed by atoms with Crippen LogP contribution in [-0.2, 0) is 21.5 Å². The minimum absolute atomic E-state index is 0.169. The van der Waals surface area contributed by atoms with E-state index in [-0.39, 0.29) is 13.0 Å². The molecule has 0 amide bonds. The highest BCUT2D eigenvalue weighted by Crippen LogP contribution is 2.47. The zero-order valence-corrected chi connectivity index (χ0v) is 27.8. The average Bonchev–Trinajstić information content (AvgIpc) is 3.49. The van der Waals surface area contributed by atoms with Gasteiger partial charge < -0.3 is 14.9 Å². The topological polar surface area (TPSA) is 102 Å². The molecule has 1 aliphatic rings. The van der Waals surface area contributed by atoms with Crippen LogP contribution in [0.15, 0.2) is 88.4 Å². The smallest absolute Gasteiger partial charge is 0.326 e. The molecule has 0 radical (unpaired) electrons. The van der Waals surface area contributed by atoms with Crippen molar-refractivity contribution in [3.8, 4) is 0 Å². The van der Waals surface area contributed by atoms with Crippen LogP contribution in [0.5, 0.6) is 0 Å². The lowest BCUT2D eigenvalue weighted by Gasteiger charge is -2.30. The van der Waals surface area contributed by atoms with E-state index >= 15 is 0 Å². The first kappa shape index (κ1) is 32.3. The molecule has 0 saturated carbocycles. The van der Waals surface area contributed by atoms with E-state index in [0.29, 0.717) is 28.0 Å². The number of rotatable bonds is 11. The van der Waals surface area contributed by atoms with Gasteiger partial charge >= 0.3 is 5.97 Å².